The third kappa shape index (κ3) is 4.02. The van der Waals surface area contributed by atoms with Crippen molar-refractivity contribution < 1.29 is 9.53 Å². The van der Waals surface area contributed by atoms with E-state index in [1.807, 2.05) is 36.2 Å². The van der Waals surface area contributed by atoms with Gasteiger partial charge in [-0.25, -0.2) is 4.79 Å². The van der Waals surface area contributed by atoms with E-state index in [0.29, 0.717) is 17.5 Å². The second kappa shape index (κ2) is 7.97. The van der Waals surface area contributed by atoms with Crippen LogP contribution < -0.4 is 15.4 Å². The first-order valence-electron chi connectivity index (χ1n) is 6.61. The number of likely N-dealkylation sites (N-methyl/N-ethyl adjacent to an activating group) is 1. The molecule has 112 valence electrons. The number of likely N-dealkylation sites (tertiary alicyclic amines) is 1. The van der Waals surface area contributed by atoms with Gasteiger partial charge in [-0.15, -0.1) is 12.4 Å². The summed E-state index contributed by atoms with van der Waals surface area (Å²) >= 11 is 0. The smallest absolute Gasteiger partial charge is 0.322 e. The predicted molar refractivity (Wildman–Crippen MR) is 82.9 cm³/mol. The molecule has 2 amide bonds. The highest BCUT2D eigenvalue weighted by atomic mass is 35.5. The molecule has 1 fully saturated rings. The third-order valence-electron chi connectivity index (χ3n) is 3.47. The molecule has 1 heterocycles. The lowest BCUT2D eigenvalue weighted by Crippen LogP contribution is -2.48. The first kappa shape index (κ1) is 16.6. The molecule has 1 aromatic rings. The van der Waals surface area contributed by atoms with Gasteiger partial charge in [0.2, 0.25) is 0 Å². The molecular formula is C14H22ClN3O2. The summed E-state index contributed by atoms with van der Waals surface area (Å²) in [6.07, 6.45) is 2.15. The Kier molecular flexibility index (Phi) is 6.61. The number of amides is 2. The summed E-state index contributed by atoms with van der Waals surface area (Å²) in [5.74, 6) is 0.679. The van der Waals surface area contributed by atoms with E-state index in [1.54, 1.807) is 7.11 Å². The number of nitrogens with one attached hydrogen (secondary N) is 2. The Morgan fingerprint density at radius 3 is 2.85 bits per heavy atom. The number of urea groups is 1. The molecule has 20 heavy (non-hydrogen) atoms. The fourth-order valence-electron chi connectivity index (χ4n) is 2.34. The van der Waals surface area contributed by atoms with Crippen LogP contribution in [-0.2, 0) is 0 Å². The van der Waals surface area contributed by atoms with Crippen molar-refractivity contribution in [1.82, 2.24) is 10.2 Å². The normalized spacial score (nSPS) is 18.1. The number of carbonyl (C=O) groups excluding carboxylic acids is 1. The van der Waals surface area contributed by atoms with Crippen molar-refractivity contribution in [1.29, 1.82) is 0 Å². The van der Waals surface area contributed by atoms with E-state index < -0.39 is 0 Å². The Bertz CT molecular complexity index is 442. The fraction of sp³-hybridized carbons (Fsp3) is 0.500. The summed E-state index contributed by atoms with van der Waals surface area (Å²) in [6.45, 7) is 1.55. The number of piperidine rings is 1. The number of benzene rings is 1. The van der Waals surface area contributed by atoms with Crippen molar-refractivity contribution in [3.63, 3.8) is 0 Å². The highest BCUT2D eigenvalue weighted by molar-refractivity contribution is 5.91. The van der Waals surface area contributed by atoms with Crippen LogP contribution in [0.5, 0.6) is 5.75 Å². The number of hydrogen-bond donors (Lipinski definition) is 2. The number of ether oxygens (including phenoxy) is 1. The molecule has 1 aliphatic rings. The Labute approximate surface area is 126 Å². The van der Waals surface area contributed by atoms with Crippen LogP contribution in [0.25, 0.3) is 0 Å². The Balaban J connectivity index is 0.00000200. The molecule has 0 aliphatic carbocycles. The first-order chi connectivity index (χ1) is 9.24. The molecule has 0 radical (unpaired) electrons. The van der Waals surface area contributed by atoms with E-state index in [-0.39, 0.29) is 18.4 Å². The van der Waals surface area contributed by atoms with Crippen LogP contribution >= 0.6 is 12.4 Å². The minimum atomic E-state index is -0.0653. The number of anilines is 1. The summed E-state index contributed by atoms with van der Waals surface area (Å²) < 4.78 is 5.23. The molecule has 5 nitrogen and oxygen atoms in total. The molecule has 0 unspecified atom stereocenters. The molecule has 0 spiro atoms. The lowest BCUT2D eigenvalue weighted by molar-refractivity contribution is 0.187. The topological polar surface area (TPSA) is 53.6 Å². The van der Waals surface area contributed by atoms with Crippen molar-refractivity contribution >= 4 is 24.1 Å². The van der Waals surface area contributed by atoms with E-state index >= 15 is 0 Å². The lowest BCUT2D eigenvalue weighted by Gasteiger charge is -2.32. The van der Waals surface area contributed by atoms with Crippen LogP contribution in [0.4, 0.5) is 10.5 Å². The van der Waals surface area contributed by atoms with Crippen LogP contribution in [0.1, 0.15) is 12.8 Å². The molecule has 2 N–H and O–H groups in total. The second-order valence-electron chi connectivity index (χ2n) is 4.70. The Morgan fingerprint density at radius 1 is 1.40 bits per heavy atom. The van der Waals surface area contributed by atoms with Crippen LogP contribution in [0.15, 0.2) is 24.3 Å². The zero-order chi connectivity index (χ0) is 13.7. The number of carbonyl (C=O) groups is 1. The highest BCUT2D eigenvalue weighted by Gasteiger charge is 2.22. The van der Waals surface area contributed by atoms with Crippen LogP contribution in [0.3, 0.4) is 0 Å². The molecule has 6 heteroatoms. The standard InChI is InChI=1S/C14H21N3O2.ClH/c1-15-11-6-5-9-17(10-11)14(18)16-12-7-3-4-8-13(12)19-2;/h3-4,7-8,11,15H,5-6,9-10H2,1-2H3,(H,16,18);1H/t11-;/m1./s1. The Morgan fingerprint density at radius 2 is 2.15 bits per heavy atom. The molecule has 0 saturated carbocycles. The maximum absolute atomic E-state index is 12.2. The van der Waals surface area contributed by atoms with Gasteiger partial charge in [0.15, 0.2) is 0 Å². The van der Waals surface area contributed by atoms with E-state index in [2.05, 4.69) is 10.6 Å². The molecule has 1 aromatic carbocycles. The largest absolute Gasteiger partial charge is 0.495 e. The van der Waals surface area contributed by atoms with Crippen LogP contribution in [-0.4, -0.2) is 44.2 Å². The van der Waals surface area contributed by atoms with E-state index in [9.17, 15) is 4.79 Å². The maximum Gasteiger partial charge on any atom is 0.322 e. The molecule has 1 aliphatic heterocycles. The minimum Gasteiger partial charge on any atom is -0.495 e. The van der Waals surface area contributed by atoms with Gasteiger partial charge < -0.3 is 20.3 Å². The zero-order valence-electron chi connectivity index (χ0n) is 11.9. The van der Waals surface area contributed by atoms with Crippen molar-refractivity contribution in [2.45, 2.75) is 18.9 Å². The van der Waals surface area contributed by atoms with Crippen molar-refractivity contribution in [3.8, 4) is 5.75 Å². The van der Waals surface area contributed by atoms with E-state index in [0.717, 1.165) is 25.9 Å². The highest BCUT2D eigenvalue weighted by Crippen LogP contribution is 2.23. The Hall–Kier alpha value is -1.46. The molecule has 0 bridgehead atoms. The monoisotopic (exact) mass is 299 g/mol. The quantitative estimate of drug-likeness (QED) is 0.901. The lowest BCUT2D eigenvalue weighted by atomic mass is 10.1. The summed E-state index contributed by atoms with van der Waals surface area (Å²) in [5, 5.41) is 6.14. The van der Waals surface area contributed by atoms with Gasteiger partial charge >= 0.3 is 6.03 Å². The van der Waals surface area contributed by atoms with Gasteiger partial charge in [-0.05, 0) is 32.0 Å². The number of para-hydroxylation sites is 2. The van der Waals surface area contributed by atoms with Gasteiger partial charge in [0.05, 0.1) is 12.8 Å². The fourth-order valence-corrected chi connectivity index (χ4v) is 2.34. The first-order valence-corrected chi connectivity index (χ1v) is 6.61. The SMILES string of the molecule is CN[C@@H]1CCCN(C(=O)Nc2ccccc2OC)C1.Cl. The van der Waals surface area contributed by atoms with Crippen LogP contribution in [0, 0.1) is 0 Å². The molecule has 2 rings (SSSR count). The summed E-state index contributed by atoms with van der Waals surface area (Å²) in [7, 11) is 3.54. The van der Waals surface area contributed by atoms with Crippen molar-refractivity contribution in [2.75, 3.05) is 32.6 Å². The van der Waals surface area contributed by atoms with Gasteiger partial charge in [0, 0.05) is 19.1 Å². The van der Waals surface area contributed by atoms with Gasteiger partial charge in [0.1, 0.15) is 5.75 Å². The number of rotatable bonds is 3. The number of hydrogen-bond acceptors (Lipinski definition) is 3. The van der Waals surface area contributed by atoms with Crippen molar-refractivity contribution in [3.05, 3.63) is 24.3 Å². The number of methoxy groups -OCH3 is 1. The summed E-state index contributed by atoms with van der Waals surface area (Å²) in [5.41, 5.74) is 0.710. The van der Waals surface area contributed by atoms with Crippen molar-refractivity contribution in [2.24, 2.45) is 0 Å². The summed E-state index contributed by atoms with van der Waals surface area (Å²) in [6, 6.07) is 7.76. The molecule has 0 aromatic heterocycles. The van der Waals surface area contributed by atoms with Gasteiger partial charge in [0.25, 0.3) is 0 Å². The third-order valence-corrected chi connectivity index (χ3v) is 3.47. The average molecular weight is 300 g/mol. The number of halogens is 1. The number of nitrogens with zero attached hydrogens (tertiary/aromatic N) is 1. The van der Waals surface area contributed by atoms with E-state index in [4.69, 9.17) is 4.74 Å². The summed E-state index contributed by atoms with van der Waals surface area (Å²) in [4.78, 5) is 14.1. The van der Waals surface area contributed by atoms with E-state index in [1.165, 1.54) is 0 Å². The molecule has 1 saturated heterocycles. The van der Waals surface area contributed by atoms with Gasteiger partial charge in [-0.2, -0.15) is 0 Å². The molecular weight excluding hydrogens is 278 g/mol. The van der Waals surface area contributed by atoms with Crippen LogP contribution in [0.2, 0.25) is 0 Å². The second-order valence-corrected chi connectivity index (χ2v) is 4.70. The van der Waals surface area contributed by atoms with Gasteiger partial charge in [-0.1, -0.05) is 12.1 Å². The average Bonchev–Trinajstić information content (AvgIpc) is 2.47. The predicted octanol–water partition coefficient (Wildman–Crippen LogP) is 2.33. The maximum atomic E-state index is 12.2. The zero-order valence-corrected chi connectivity index (χ0v) is 12.7. The minimum absolute atomic E-state index is 0. The molecule has 1 atom stereocenters. The van der Waals surface area contributed by atoms with Gasteiger partial charge in [-0.3, -0.25) is 0 Å².